The highest BCUT2D eigenvalue weighted by atomic mass is 79.9. The van der Waals surface area contributed by atoms with Crippen molar-refractivity contribution in [3.05, 3.63) is 63.5 Å². The van der Waals surface area contributed by atoms with Gasteiger partial charge in [-0.2, -0.15) is 4.31 Å². The zero-order valence-corrected chi connectivity index (χ0v) is 18.9. The third-order valence-corrected chi connectivity index (χ3v) is 7.06. The van der Waals surface area contributed by atoms with E-state index >= 15 is 0 Å². The first-order chi connectivity index (χ1) is 13.9. The predicted octanol–water partition coefficient (Wildman–Crippen LogP) is 3.58. The number of sulfonamides is 1. The highest BCUT2D eigenvalue weighted by molar-refractivity contribution is 9.10. The van der Waals surface area contributed by atoms with E-state index in [0.717, 1.165) is 27.1 Å². The molecular weight excluding hydrogens is 456 g/mol. The topological polar surface area (TPSA) is 59.1 Å². The second-order valence-electron chi connectivity index (χ2n) is 6.73. The van der Waals surface area contributed by atoms with Crippen molar-refractivity contribution in [3.63, 3.8) is 0 Å². The molecule has 0 spiro atoms. The summed E-state index contributed by atoms with van der Waals surface area (Å²) in [6.07, 6.45) is 1.64. The minimum absolute atomic E-state index is 0.456. The lowest BCUT2D eigenvalue weighted by Crippen LogP contribution is -2.47. The molecule has 2 aromatic carbocycles. The molecule has 0 N–H and O–H groups in total. The third kappa shape index (κ3) is 5.60. The van der Waals surface area contributed by atoms with Gasteiger partial charge in [0.25, 0.3) is 0 Å². The van der Waals surface area contributed by atoms with Gasteiger partial charge in [0.15, 0.2) is 0 Å². The zero-order chi connectivity index (χ0) is 20.9. The SMILES string of the molecule is COc1cc(CN2CCN(S(=O)(=O)C=Cc3ccccc3)CC2)c(OC)cc1Br. The molecule has 1 heterocycles. The number of nitrogens with zero attached hydrogens (tertiary/aromatic N) is 2. The smallest absolute Gasteiger partial charge is 0.236 e. The van der Waals surface area contributed by atoms with E-state index < -0.39 is 10.0 Å². The van der Waals surface area contributed by atoms with Gasteiger partial charge in [0.2, 0.25) is 10.0 Å². The molecule has 1 aliphatic heterocycles. The molecule has 2 aromatic rings. The summed E-state index contributed by atoms with van der Waals surface area (Å²) in [5.74, 6) is 1.52. The molecule has 0 bridgehead atoms. The Morgan fingerprint density at radius 1 is 1.00 bits per heavy atom. The normalized spacial score (nSPS) is 16.2. The predicted molar refractivity (Wildman–Crippen MR) is 118 cm³/mol. The lowest BCUT2D eigenvalue weighted by Gasteiger charge is -2.33. The summed E-state index contributed by atoms with van der Waals surface area (Å²) in [6, 6.07) is 13.3. The van der Waals surface area contributed by atoms with Crippen molar-refractivity contribution in [3.8, 4) is 11.5 Å². The standard InChI is InChI=1S/C21H25BrN2O4S/c1-27-20-15-19(22)21(28-2)14-18(20)16-23-9-11-24(12-10-23)29(25,26)13-8-17-6-4-3-5-7-17/h3-8,13-15H,9-12,16H2,1-2H3. The molecule has 6 nitrogen and oxygen atoms in total. The second kappa shape index (κ2) is 9.75. The maximum Gasteiger partial charge on any atom is 0.236 e. The molecular formula is C21H25BrN2O4S. The van der Waals surface area contributed by atoms with Crippen molar-refractivity contribution in [2.75, 3.05) is 40.4 Å². The fraction of sp³-hybridized carbons (Fsp3) is 0.333. The maximum atomic E-state index is 12.6. The summed E-state index contributed by atoms with van der Waals surface area (Å²) in [7, 11) is -0.164. The molecule has 0 aromatic heterocycles. The molecule has 1 saturated heterocycles. The number of hydrogen-bond donors (Lipinski definition) is 0. The van der Waals surface area contributed by atoms with Crippen LogP contribution in [0.4, 0.5) is 0 Å². The van der Waals surface area contributed by atoms with Gasteiger partial charge in [-0.1, -0.05) is 30.3 Å². The lowest BCUT2D eigenvalue weighted by atomic mass is 10.1. The molecule has 0 atom stereocenters. The minimum atomic E-state index is -3.43. The van der Waals surface area contributed by atoms with Gasteiger partial charge in [0, 0.05) is 43.7 Å². The molecule has 29 heavy (non-hydrogen) atoms. The van der Waals surface area contributed by atoms with E-state index in [-0.39, 0.29) is 0 Å². The first kappa shape index (κ1) is 21.8. The quantitative estimate of drug-likeness (QED) is 0.605. The molecule has 0 radical (unpaired) electrons. The minimum Gasteiger partial charge on any atom is -0.496 e. The number of ether oxygens (including phenoxy) is 2. The van der Waals surface area contributed by atoms with E-state index in [2.05, 4.69) is 20.8 Å². The Hall–Kier alpha value is -1.87. The number of methoxy groups -OCH3 is 2. The van der Waals surface area contributed by atoms with E-state index in [1.165, 1.54) is 9.71 Å². The fourth-order valence-electron chi connectivity index (χ4n) is 3.25. The van der Waals surface area contributed by atoms with E-state index in [1.807, 2.05) is 42.5 Å². The van der Waals surface area contributed by atoms with Crippen LogP contribution in [0.2, 0.25) is 0 Å². The van der Waals surface area contributed by atoms with Gasteiger partial charge in [0.05, 0.1) is 18.7 Å². The van der Waals surface area contributed by atoms with Gasteiger partial charge < -0.3 is 9.47 Å². The monoisotopic (exact) mass is 480 g/mol. The largest absolute Gasteiger partial charge is 0.496 e. The Balaban J connectivity index is 1.63. The van der Waals surface area contributed by atoms with E-state index in [0.29, 0.717) is 32.7 Å². The van der Waals surface area contributed by atoms with Crippen LogP contribution in [0.5, 0.6) is 11.5 Å². The van der Waals surface area contributed by atoms with Crippen LogP contribution in [0, 0.1) is 0 Å². The summed E-state index contributed by atoms with van der Waals surface area (Å²) in [6.45, 7) is 2.88. The number of piperazine rings is 1. The Kier molecular flexibility index (Phi) is 7.34. The van der Waals surface area contributed by atoms with Gasteiger partial charge in [-0.25, -0.2) is 8.42 Å². The Morgan fingerprint density at radius 2 is 1.66 bits per heavy atom. The molecule has 3 rings (SSSR count). The van der Waals surface area contributed by atoms with E-state index in [4.69, 9.17) is 9.47 Å². The van der Waals surface area contributed by atoms with Crippen LogP contribution in [-0.4, -0.2) is 58.0 Å². The van der Waals surface area contributed by atoms with Crippen LogP contribution >= 0.6 is 15.9 Å². The van der Waals surface area contributed by atoms with Crippen LogP contribution in [0.1, 0.15) is 11.1 Å². The van der Waals surface area contributed by atoms with Gasteiger partial charge in [0.1, 0.15) is 11.5 Å². The van der Waals surface area contributed by atoms with Crippen molar-refractivity contribution in [2.24, 2.45) is 0 Å². The van der Waals surface area contributed by atoms with Crippen LogP contribution in [0.25, 0.3) is 6.08 Å². The Bertz CT molecular complexity index is 956. The van der Waals surface area contributed by atoms with E-state index in [1.54, 1.807) is 20.3 Å². The molecule has 0 saturated carbocycles. The summed E-state index contributed by atoms with van der Waals surface area (Å²) in [5, 5.41) is 1.29. The Morgan fingerprint density at radius 3 is 2.28 bits per heavy atom. The van der Waals surface area contributed by atoms with Gasteiger partial charge in [-0.15, -0.1) is 0 Å². The van der Waals surface area contributed by atoms with Gasteiger partial charge >= 0.3 is 0 Å². The first-order valence-corrected chi connectivity index (χ1v) is 11.6. The summed E-state index contributed by atoms with van der Waals surface area (Å²) < 4.78 is 38.5. The maximum absolute atomic E-state index is 12.6. The number of halogens is 1. The van der Waals surface area contributed by atoms with Crippen molar-refractivity contribution < 1.29 is 17.9 Å². The summed E-state index contributed by atoms with van der Waals surface area (Å²) in [4.78, 5) is 2.22. The number of rotatable bonds is 7. The first-order valence-electron chi connectivity index (χ1n) is 9.29. The average molecular weight is 481 g/mol. The number of hydrogen-bond acceptors (Lipinski definition) is 5. The lowest BCUT2D eigenvalue weighted by molar-refractivity contribution is 0.181. The average Bonchev–Trinajstić information content (AvgIpc) is 2.74. The summed E-state index contributed by atoms with van der Waals surface area (Å²) >= 11 is 3.47. The zero-order valence-electron chi connectivity index (χ0n) is 16.5. The highest BCUT2D eigenvalue weighted by Crippen LogP contribution is 2.33. The van der Waals surface area contributed by atoms with Gasteiger partial charge in [-0.3, -0.25) is 4.90 Å². The molecule has 0 unspecified atom stereocenters. The number of benzene rings is 2. The van der Waals surface area contributed by atoms with Crippen molar-refractivity contribution >= 4 is 32.0 Å². The molecule has 1 fully saturated rings. The molecule has 0 aliphatic carbocycles. The molecule has 156 valence electrons. The van der Waals surface area contributed by atoms with Crippen molar-refractivity contribution in [1.29, 1.82) is 0 Å². The van der Waals surface area contributed by atoms with Crippen molar-refractivity contribution in [2.45, 2.75) is 6.54 Å². The van der Waals surface area contributed by atoms with Crippen LogP contribution < -0.4 is 9.47 Å². The fourth-order valence-corrected chi connectivity index (χ4v) is 4.90. The van der Waals surface area contributed by atoms with Crippen LogP contribution in [0.3, 0.4) is 0 Å². The summed E-state index contributed by atoms with van der Waals surface area (Å²) in [5.41, 5.74) is 1.87. The molecule has 8 heteroatoms. The Labute approximate surface area is 180 Å². The highest BCUT2D eigenvalue weighted by Gasteiger charge is 2.25. The molecule has 1 aliphatic rings. The van der Waals surface area contributed by atoms with Gasteiger partial charge in [-0.05, 0) is 39.7 Å². The van der Waals surface area contributed by atoms with E-state index in [9.17, 15) is 8.42 Å². The van der Waals surface area contributed by atoms with Crippen LogP contribution in [0.15, 0.2) is 52.3 Å². The molecule has 0 amide bonds. The van der Waals surface area contributed by atoms with Crippen molar-refractivity contribution in [1.82, 2.24) is 9.21 Å². The van der Waals surface area contributed by atoms with Crippen LogP contribution in [-0.2, 0) is 16.6 Å². The second-order valence-corrected chi connectivity index (χ2v) is 9.41. The third-order valence-electron chi connectivity index (χ3n) is 4.87.